The number of carbonyl (C=O) groups is 2. The summed E-state index contributed by atoms with van der Waals surface area (Å²) in [5.74, 6) is -0.479. The van der Waals surface area contributed by atoms with Crippen LogP contribution in [-0.4, -0.2) is 27.6 Å². The summed E-state index contributed by atoms with van der Waals surface area (Å²) in [6.45, 7) is 3.36. The Morgan fingerprint density at radius 3 is 2.32 bits per heavy atom. The number of anilines is 2. The SMILES string of the molecule is CC(N)C(=O)Nc1cccc(NC(=O)C(C)n2cccn2)c1. The van der Waals surface area contributed by atoms with Crippen molar-refractivity contribution in [2.24, 2.45) is 5.73 Å². The molecule has 2 amide bonds. The molecule has 7 nitrogen and oxygen atoms in total. The summed E-state index contributed by atoms with van der Waals surface area (Å²) < 4.78 is 1.57. The van der Waals surface area contributed by atoms with Crippen LogP contribution in [0.2, 0.25) is 0 Å². The molecule has 0 fully saturated rings. The zero-order valence-electron chi connectivity index (χ0n) is 12.5. The highest BCUT2D eigenvalue weighted by atomic mass is 16.2. The van der Waals surface area contributed by atoms with Gasteiger partial charge < -0.3 is 16.4 Å². The Balaban J connectivity index is 2.04. The lowest BCUT2D eigenvalue weighted by Gasteiger charge is -2.14. The molecule has 0 spiro atoms. The Kier molecular flexibility index (Phi) is 4.90. The molecule has 22 heavy (non-hydrogen) atoms. The monoisotopic (exact) mass is 301 g/mol. The van der Waals surface area contributed by atoms with Gasteiger partial charge in [-0.25, -0.2) is 0 Å². The first-order valence-electron chi connectivity index (χ1n) is 6.94. The zero-order chi connectivity index (χ0) is 16.1. The quantitative estimate of drug-likeness (QED) is 0.776. The van der Waals surface area contributed by atoms with E-state index in [0.29, 0.717) is 11.4 Å². The molecule has 1 aromatic carbocycles. The third-order valence-electron chi connectivity index (χ3n) is 3.11. The van der Waals surface area contributed by atoms with E-state index in [1.54, 1.807) is 61.3 Å². The highest BCUT2D eigenvalue weighted by Crippen LogP contribution is 2.17. The largest absolute Gasteiger partial charge is 0.325 e. The van der Waals surface area contributed by atoms with E-state index < -0.39 is 12.1 Å². The van der Waals surface area contributed by atoms with Gasteiger partial charge >= 0.3 is 0 Å². The fraction of sp³-hybridized carbons (Fsp3) is 0.267. The minimum Gasteiger partial charge on any atom is -0.325 e. The van der Waals surface area contributed by atoms with Crippen LogP contribution in [0.3, 0.4) is 0 Å². The number of rotatable bonds is 5. The van der Waals surface area contributed by atoms with Gasteiger partial charge in [0.15, 0.2) is 0 Å². The first-order valence-corrected chi connectivity index (χ1v) is 6.94. The fourth-order valence-corrected chi connectivity index (χ4v) is 1.81. The molecule has 0 bridgehead atoms. The topological polar surface area (TPSA) is 102 Å². The Labute approximate surface area is 128 Å². The molecule has 4 N–H and O–H groups in total. The van der Waals surface area contributed by atoms with E-state index in [9.17, 15) is 9.59 Å². The van der Waals surface area contributed by atoms with Crippen molar-refractivity contribution in [2.45, 2.75) is 25.9 Å². The maximum Gasteiger partial charge on any atom is 0.248 e. The van der Waals surface area contributed by atoms with Crippen LogP contribution in [0.15, 0.2) is 42.7 Å². The van der Waals surface area contributed by atoms with Crippen LogP contribution in [0.4, 0.5) is 11.4 Å². The number of nitrogens with two attached hydrogens (primary N) is 1. The van der Waals surface area contributed by atoms with Crippen molar-refractivity contribution in [1.29, 1.82) is 0 Å². The van der Waals surface area contributed by atoms with Gasteiger partial charge in [-0.05, 0) is 38.1 Å². The molecule has 0 saturated carbocycles. The maximum atomic E-state index is 12.2. The second-order valence-electron chi connectivity index (χ2n) is 5.01. The van der Waals surface area contributed by atoms with Crippen LogP contribution in [0, 0.1) is 0 Å². The van der Waals surface area contributed by atoms with Gasteiger partial charge in [-0.3, -0.25) is 14.3 Å². The smallest absolute Gasteiger partial charge is 0.248 e. The van der Waals surface area contributed by atoms with Crippen molar-refractivity contribution in [1.82, 2.24) is 9.78 Å². The van der Waals surface area contributed by atoms with Crippen LogP contribution in [0.1, 0.15) is 19.9 Å². The molecule has 2 aromatic rings. The predicted molar refractivity (Wildman–Crippen MR) is 84.3 cm³/mol. The molecule has 0 saturated heterocycles. The molecule has 1 heterocycles. The highest BCUT2D eigenvalue weighted by Gasteiger charge is 2.15. The number of benzene rings is 1. The molecule has 0 radical (unpaired) electrons. The van der Waals surface area contributed by atoms with Gasteiger partial charge in [0.2, 0.25) is 11.8 Å². The number of nitrogens with zero attached hydrogens (tertiary/aromatic N) is 2. The first kappa shape index (κ1) is 15.7. The van der Waals surface area contributed by atoms with E-state index in [1.165, 1.54) is 0 Å². The second-order valence-corrected chi connectivity index (χ2v) is 5.01. The van der Waals surface area contributed by atoms with Crippen LogP contribution in [0.5, 0.6) is 0 Å². The first-order chi connectivity index (χ1) is 10.5. The van der Waals surface area contributed by atoms with Gasteiger partial charge in [-0.1, -0.05) is 6.07 Å². The molecule has 2 atom stereocenters. The summed E-state index contributed by atoms with van der Waals surface area (Å²) in [5, 5.41) is 9.51. The molecule has 0 aliphatic carbocycles. The van der Waals surface area contributed by atoms with Crippen LogP contribution < -0.4 is 16.4 Å². The standard InChI is InChI=1S/C15H19N5O2/c1-10(16)14(21)18-12-5-3-6-13(9-12)19-15(22)11(2)20-8-4-7-17-20/h3-11H,16H2,1-2H3,(H,18,21)(H,19,22). The van der Waals surface area contributed by atoms with E-state index in [-0.39, 0.29) is 11.8 Å². The lowest BCUT2D eigenvalue weighted by Crippen LogP contribution is -2.32. The van der Waals surface area contributed by atoms with Crippen molar-refractivity contribution in [3.05, 3.63) is 42.7 Å². The molecular formula is C15H19N5O2. The van der Waals surface area contributed by atoms with Crippen molar-refractivity contribution in [2.75, 3.05) is 10.6 Å². The molecule has 0 aliphatic rings. The van der Waals surface area contributed by atoms with E-state index in [1.807, 2.05) is 0 Å². The summed E-state index contributed by atoms with van der Waals surface area (Å²) in [6.07, 6.45) is 3.34. The summed E-state index contributed by atoms with van der Waals surface area (Å²) in [7, 11) is 0. The number of nitrogens with one attached hydrogen (secondary N) is 2. The van der Waals surface area contributed by atoms with Crippen LogP contribution in [0.25, 0.3) is 0 Å². The van der Waals surface area contributed by atoms with Gasteiger partial charge in [0.05, 0.1) is 6.04 Å². The van der Waals surface area contributed by atoms with Crippen molar-refractivity contribution in [3.63, 3.8) is 0 Å². The number of aromatic nitrogens is 2. The van der Waals surface area contributed by atoms with E-state index in [2.05, 4.69) is 15.7 Å². The Morgan fingerprint density at radius 2 is 1.77 bits per heavy atom. The minimum absolute atomic E-state index is 0.195. The molecule has 116 valence electrons. The third-order valence-corrected chi connectivity index (χ3v) is 3.11. The maximum absolute atomic E-state index is 12.2. The van der Waals surface area contributed by atoms with Crippen molar-refractivity contribution < 1.29 is 9.59 Å². The van der Waals surface area contributed by atoms with E-state index in [0.717, 1.165) is 0 Å². The summed E-state index contributed by atoms with van der Waals surface area (Å²) in [4.78, 5) is 23.7. The number of hydrogen-bond donors (Lipinski definition) is 3. The van der Waals surface area contributed by atoms with E-state index in [4.69, 9.17) is 5.73 Å². The molecule has 7 heteroatoms. The summed E-state index contributed by atoms with van der Waals surface area (Å²) in [5.41, 5.74) is 6.67. The van der Waals surface area contributed by atoms with Gasteiger partial charge in [0.25, 0.3) is 0 Å². The average Bonchev–Trinajstić information content (AvgIpc) is 3.00. The summed E-state index contributed by atoms with van der Waals surface area (Å²) >= 11 is 0. The summed E-state index contributed by atoms with van der Waals surface area (Å²) in [6, 6.07) is 7.62. The third kappa shape index (κ3) is 3.92. The van der Waals surface area contributed by atoms with Crippen molar-refractivity contribution in [3.8, 4) is 0 Å². The lowest BCUT2D eigenvalue weighted by molar-refractivity contribution is -0.119. The zero-order valence-corrected chi connectivity index (χ0v) is 12.5. The van der Waals surface area contributed by atoms with E-state index >= 15 is 0 Å². The van der Waals surface area contributed by atoms with Crippen LogP contribution in [-0.2, 0) is 9.59 Å². The Hall–Kier alpha value is -2.67. The fourth-order valence-electron chi connectivity index (χ4n) is 1.81. The molecule has 2 unspecified atom stereocenters. The van der Waals surface area contributed by atoms with Gasteiger partial charge in [0, 0.05) is 23.8 Å². The minimum atomic E-state index is -0.599. The number of amides is 2. The molecule has 0 aliphatic heterocycles. The normalized spacial score (nSPS) is 13.2. The second kappa shape index (κ2) is 6.86. The van der Waals surface area contributed by atoms with Gasteiger partial charge in [0.1, 0.15) is 6.04 Å². The Morgan fingerprint density at radius 1 is 1.14 bits per heavy atom. The highest BCUT2D eigenvalue weighted by molar-refractivity contribution is 5.96. The number of carbonyl (C=O) groups excluding carboxylic acids is 2. The Bertz CT molecular complexity index is 652. The molecule has 2 rings (SSSR count). The average molecular weight is 301 g/mol. The molecular weight excluding hydrogens is 282 g/mol. The van der Waals surface area contributed by atoms with Gasteiger partial charge in [-0.2, -0.15) is 5.10 Å². The molecule has 1 aromatic heterocycles. The van der Waals surface area contributed by atoms with Crippen LogP contribution >= 0.6 is 0 Å². The number of hydrogen-bond acceptors (Lipinski definition) is 4. The lowest BCUT2D eigenvalue weighted by atomic mass is 10.2. The van der Waals surface area contributed by atoms with Gasteiger partial charge in [-0.15, -0.1) is 0 Å². The predicted octanol–water partition coefficient (Wildman–Crippen LogP) is 1.37. The van der Waals surface area contributed by atoms with Crippen molar-refractivity contribution >= 4 is 23.2 Å².